The quantitative estimate of drug-likeness (QED) is 0.552. The Bertz CT molecular complexity index is 171. The van der Waals surface area contributed by atoms with Crippen molar-refractivity contribution in [2.45, 2.75) is 6.61 Å². The SMILES string of the molecule is Nc1coc(CO)c1. The van der Waals surface area contributed by atoms with Gasteiger partial charge in [0.25, 0.3) is 0 Å². The van der Waals surface area contributed by atoms with Gasteiger partial charge in [-0.2, -0.15) is 0 Å². The van der Waals surface area contributed by atoms with E-state index in [0.717, 1.165) is 0 Å². The van der Waals surface area contributed by atoms with Crippen LogP contribution in [0.5, 0.6) is 0 Å². The van der Waals surface area contributed by atoms with Gasteiger partial charge in [-0.05, 0) is 0 Å². The third-order valence-electron chi connectivity index (χ3n) is 0.830. The van der Waals surface area contributed by atoms with Gasteiger partial charge in [0.1, 0.15) is 18.6 Å². The summed E-state index contributed by atoms with van der Waals surface area (Å²) >= 11 is 0. The van der Waals surface area contributed by atoms with Crippen LogP contribution in [-0.2, 0) is 6.61 Å². The molecular formula is C5H7NO2. The largest absolute Gasteiger partial charge is 0.465 e. The molecule has 0 aliphatic heterocycles. The van der Waals surface area contributed by atoms with Gasteiger partial charge in [0.15, 0.2) is 0 Å². The minimum atomic E-state index is -0.0861. The number of aliphatic hydroxyl groups is 1. The molecule has 0 unspecified atom stereocenters. The zero-order chi connectivity index (χ0) is 5.98. The summed E-state index contributed by atoms with van der Waals surface area (Å²) in [5.41, 5.74) is 5.80. The Kier molecular flexibility index (Phi) is 1.22. The molecular weight excluding hydrogens is 106 g/mol. The molecule has 1 aromatic rings. The third kappa shape index (κ3) is 0.816. The van der Waals surface area contributed by atoms with Crippen molar-refractivity contribution in [3.05, 3.63) is 18.1 Å². The van der Waals surface area contributed by atoms with Gasteiger partial charge < -0.3 is 15.3 Å². The van der Waals surface area contributed by atoms with Gasteiger partial charge in [0, 0.05) is 6.07 Å². The van der Waals surface area contributed by atoms with Gasteiger partial charge in [-0.3, -0.25) is 0 Å². The molecule has 3 N–H and O–H groups in total. The van der Waals surface area contributed by atoms with E-state index < -0.39 is 0 Å². The summed E-state index contributed by atoms with van der Waals surface area (Å²) in [6.45, 7) is -0.0861. The van der Waals surface area contributed by atoms with E-state index in [1.165, 1.54) is 6.26 Å². The Labute approximate surface area is 46.7 Å². The van der Waals surface area contributed by atoms with E-state index in [1.807, 2.05) is 0 Å². The minimum absolute atomic E-state index is 0.0861. The van der Waals surface area contributed by atoms with Crippen molar-refractivity contribution in [3.63, 3.8) is 0 Å². The monoisotopic (exact) mass is 113 g/mol. The van der Waals surface area contributed by atoms with Crippen LogP contribution in [0.2, 0.25) is 0 Å². The average molecular weight is 113 g/mol. The molecule has 44 valence electrons. The van der Waals surface area contributed by atoms with Crippen molar-refractivity contribution >= 4 is 5.69 Å². The molecule has 0 radical (unpaired) electrons. The number of hydrogen-bond donors (Lipinski definition) is 2. The fourth-order valence-electron chi connectivity index (χ4n) is 0.481. The highest BCUT2D eigenvalue weighted by atomic mass is 16.4. The van der Waals surface area contributed by atoms with E-state index in [2.05, 4.69) is 0 Å². The molecule has 8 heavy (non-hydrogen) atoms. The van der Waals surface area contributed by atoms with Gasteiger partial charge in [0.2, 0.25) is 0 Å². The van der Waals surface area contributed by atoms with Crippen LogP contribution in [0.4, 0.5) is 5.69 Å². The highest BCUT2D eigenvalue weighted by Gasteiger charge is 1.92. The topological polar surface area (TPSA) is 59.4 Å². The number of rotatable bonds is 1. The standard InChI is InChI=1S/C5H7NO2/c6-4-1-5(2-7)8-3-4/h1,3,7H,2,6H2. The summed E-state index contributed by atoms with van der Waals surface area (Å²) in [5, 5.41) is 8.40. The summed E-state index contributed by atoms with van der Waals surface area (Å²) < 4.78 is 4.74. The Balaban J connectivity index is 2.84. The second kappa shape index (κ2) is 1.88. The molecule has 0 fully saturated rings. The van der Waals surface area contributed by atoms with Gasteiger partial charge in [-0.1, -0.05) is 0 Å². The third-order valence-corrected chi connectivity index (χ3v) is 0.830. The molecule has 3 nitrogen and oxygen atoms in total. The molecule has 0 atom stereocenters. The van der Waals surface area contributed by atoms with E-state index >= 15 is 0 Å². The summed E-state index contributed by atoms with van der Waals surface area (Å²) in [5.74, 6) is 0.502. The van der Waals surface area contributed by atoms with Crippen LogP contribution in [0.3, 0.4) is 0 Å². The van der Waals surface area contributed by atoms with Gasteiger partial charge in [0.05, 0.1) is 5.69 Å². The van der Waals surface area contributed by atoms with Crippen LogP contribution in [-0.4, -0.2) is 5.11 Å². The Hall–Kier alpha value is -0.960. The molecule has 0 aliphatic rings. The highest BCUT2D eigenvalue weighted by molar-refractivity contribution is 5.34. The molecule has 1 rings (SSSR count). The molecule has 3 heteroatoms. The van der Waals surface area contributed by atoms with Crippen LogP contribution < -0.4 is 5.73 Å². The molecule has 0 aliphatic carbocycles. The first-order valence-electron chi connectivity index (χ1n) is 2.26. The predicted octanol–water partition coefficient (Wildman–Crippen LogP) is 0.354. The van der Waals surface area contributed by atoms with Gasteiger partial charge >= 0.3 is 0 Å². The molecule has 0 saturated carbocycles. The van der Waals surface area contributed by atoms with Crippen molar-refractivity contribution in [1.82, 2.24) is 0 Å². The molecule has 0 amide bonds. The zero-order valence-electron chi connectivity index (χ0n) is 4.29. The predicted molar refractivity (Wildman–Crippen MR) is 29.0 cm³/mol. The molecule has 1 heterocycles. The second-order valence-electron chi connectivity index (χ2n) is 1.50. The summed E-state index contributed by atoms with van der Waals surface area (Å²) in [7, 11) is 0. The zero-order valence-corrected chi connectivity index (χ0v) is 4.29. The van der Waals surface area contributed by atoms with Crippen molar-refractivity contribution in [2.75, 3.05) is 5.73 Å². The van der Waals surface area contributed by atoms with Crippen LogP contribution in [0.1, 0.15) is 5.76 Å². The van der Waals surface area contributed by atoms with E-state index in [-0.39, 0.29) is 6.61 Å². The first-order chi connectivity index (χ1) is 3.83. The molecule has 0 spiro atoms. The Morgan fingerprint density at radius 1 is 1.75 bits per heavy atom. The van der Waals surface area contributed by atoms with Crippen LogP contribution in [0, 0.1) is 0 Å². The fourth-order valence-corrected chi connectivity index (χ4v) is 0.481. The number of furan rings is 1. The molecule has 0 aromatic carbocycles. The number of hydrogen-bond acceptors (Lipinski definition) is 3. The van der Waals surface area contributed by atoms with E-state index in [9.17, 15) is 0 Å². The number of nitrogen functional groups attached to an aromatic ring is 1. The summed E-state index contributed by atoms with van der Waals surface area (Å²) in [6, 6.07) is 1.58. The normalized spacial score (nSPS) is 9.62. The van der Waals surface area contributed by atoms with Crippen LogP contribution >= 0.6 is 0 Å². The van der Waals surface area contributed by atoms with E-state index in [4.69, 9.17) is 15.3 Å². The lowest BCUT2D eigenvalue weighted by molar-refractivity contribution is 0.247. The average Bonchev–Trinajstić information content (AvgIpc) is 2.14. The number of anilines is 1. The van der Waals surface area contributed by atoms with E-state index in [1.54, 1.807) is 6.07 Å². The number of nitrogens with two attached hydrogens (primary N) is 1. The fraction of sp³-hybridized carbons (Fsp3) is 0.200. The van der Waals surface area contributed by atoms with Crippen molar-refractivity contribution in [1.29, 1.82) is 0 Å². The Morgan fingerprint density at radius 2 is 2.50 bits per heavy atom. The molecule has 1 aromatic heterocycles. The first-order valence-corrected chi connectivity index (χ1v) is 2.26. The second-order valence-corrected chi connectivity index (χ2v) is 1.50. The Morgan fingerprint density at radius 3 is 2.75 bits per heavy atom. The smallest absolute Gasteiger partial charge is 0.131 e. The maximum absolute atomic E-state index is 8.40. The van der Waals surface area contributed by atoms with Crippen molar-refractivity contribution in [3.8, 4) is 0 Å². The maximum atomic E-state index is 8.40. The van der Waals surface area contributed by atoms with Crippen LogP contribution in [0.15, 0.2) is 16.7 Å². The highest BCUT2D eigenvalue weighted by Crippen LogP contribution is 2.07. The lowest BCUT2D eigenvalue weighted by atomic mass is 10.4. The molecule has 0 saturated heterocycles. The lowest BCUT2D eigenvalue weighted by Crippen LogP contribution is -1.78. The van der Waals surface area contributed by atoms with Gasteiger partial charge in [-0.15, -0.1) is 0 Å². The van der Waals surface area contributed by atoms with E-state index in [0.29, 0.717) is 11.4 Å². The summed E-state index contributed by atoms with van der Waals surface area (Å²) in [4.78, 5) is 0. The van der Waals surface area contributed by atoms with Crippen LogP contribution in [0.25, 0.3) is 0 Å². The lowest BCUT2D eigenvalue weighted by Gasteiger charge is -1.79. The maximum Gasteiger partial charge on any atom is 0.131 e. The first kappa shape index (κ1) is 5.18. The number of aliphatic hydroxyl groups excluding tert-OH is 1. The van der Waals surface area contributed by atoms with Gasteiger partial charge in [-0.25, -0.2) is 0 Å². The summed E-state index contributed by atoms with van der Waals surface area (Å²) in [6.07, 6.45) is 1.39. The minimum Gasteiger partial charge on any atom is -0.465 e. The molecule has 0 bridgehead atoms. The van der Waals surface area contributed by atoms with Crippen molar-refractivity contribution < 1.29 is 9.52 Å². The van der Waals surface area contributed by atoms with Crippen molar-refractivity contribution in [2.24, 2.45) is 0 Å².